The lowest BCUT2D eigenvalue weighted by Crippen LogP contribution is -2.44. The average molecular weight is 386 g/mol. The van der Waals surface area contributed by atoms with Crippen molar-refractivity contribution >= 4 is 23.4 Å². The molecule has 3 rings (SSSR count). The van der Waals surface area contributed by atoms with E-state index >= 15 is 0 Å². The molecule has 1 aromatic carbocycles. The molecule has 2 fully saturated rings. The Hall–Kier alpha value is -2.37. The second-order valence-electron chi connectivity index (χ2n) is 8.36. The quantitative estimate of drug-likeness (QED) is 0.847. The summed E-state index contributed by atoms with van der Waals surface area (Å²) < 4.78 is 0. The van der Waals surface area contributed by atoms with Gasteiger partial charge >= 0.3 is 0 Å². The summed E-state index contributed by atoms with van der Waals surface area (Å²) >= 11 is 0. The molecule has 2 heterocycles. The van der Waals surface area contributed by atoms with Gasteiger partial charge in [0, 0.05) is 45.2 Å². The molecule has 152 valence electrons. The van der Waals surface area contributed by atoms with Gasteiger partial charge in [-0.25, -0.2) is 0 Å². The molecule has 3 amide bonds. The standard InChI is InChI=1S/C22H31N3O3/c1-15(2)18-5-4-6-20(11-18)25-14-19(12-21(25)27)22(28)24-9-7-17(8-10-24)13-23-16(3)26/h4-6,11,15,17,19H,7-10,12-14H2,1-3H3,(H,23,26). The van der Waals surface area contributed by atoms with Crippen LogP contribution in [0, 0.1) is 11.8 Å². The number of hydrogen-bond acceptors (Lipinski definition) is 3. The van der Waals surface area contributed by atoms with Crippen LogP contribution in [0.3, 0.4) is 0 Å². The molecular formula is C22H31N3O3. The molecule has 1 aromatic rings. The van der Waals surface area contributed by atoms with Crippen LogP contribution in [0.2, 0.25) is 0 Å². The summed E-state index contributed by atoms with van der Waals surface area (Å²) in [5.41, 5.74) is 2.09. The van der Waals surface area contributed by atoms with Gasteiger partial charge in [-0.15, -0.1) is 0 Å². The lowest BCUT2D eigenvalue weighted by Gasteiger charge is -2.33. The van der Waals surface area contributed by atoms with E-state index in [9.17, 15) is 14.4 Å². The first-order chi connectivity index (χ1) is 13.3. The summed E-state index contributed by atoms with van der Waals surface area (Å²) in [7, 11) is 0. The summed E-state index contributed by atoms with van der Waals surface area (Å²) in [6, 6.07) is 8.06. The largest absolute Gasteiger partial charge is 0.356 e. The van der Waals surface area contributed by atoms with Gasteiger partial charge in [-0.05, 0) is 42.4 Å². The third-order valence-electron chi connectivity index (χ3n) is 5.89. The first-order valence-electron chi connectivity index (χ1n) is 10.3. The first-order valence-corrected chi connectivity index (χ1v) is 10.3. The number of amides is 3. The summed E-state index contributed by atoms with van der Waals surface area (Å²) in [6.07, 6.45) is 2.08. The fourth-order valence-corrected chi connectivity index (χ4v) is 4.08. The molecule has 2 aliphatic heterocycles. The zero-order valence-corrected chi connectivity index (χ0v) is 17.1. The van der Waals surface area contributed by atoms with Crippen molar-refractivity contribution < 1.29 is 14.4 Å². The zero-order chi connectivity index (χ0) is 20.3. The lowest BCUT2D eigenvalue weighted by atomic mass is 9.95. The Morgan fingerprint density at radius 2 is 1.93 bits per heavy atom. The van der Waals surface area contributed by atoms with Crippen LogP contribution in [-0.2, 0) is 14.4 Å². The van der Waals surface area contributed by atoms with Gasteiger partial charge in [0.1, 0.15) is 0 Å². The van der Waals surface area contributed by atoms with Crippen LogP contribution in [0.1, 0.15) is 51.5 Å². The van der Waals surface area contributed by atoms with Crippen LogP contribution in [0.4, 0.5) is 5.69 Å². The lowest BCUT2D eigenvalue weighted by molar-refractivity contribution is -0.137. The van der Waals surface area contributed by atoms with E-state index < -0.39 is 0 Å². The molecule has 28 heavy (non-hydrogen) atoms. The Kier molecular flexibility index (Phi) is 6.37. The highest BCUT2D eigenvalue weighted by atomic mass is 16.2. The number of hydrogen-bond donors (Lipinski definition) is 1. The van der Waals surface area contributed by atoms with Gasteiger partial charge in [0.15, 0.2) is 0 Å². The maximum absolute atomic E-state index is 12.9. The Morgan fingerprint density at radius 1 is 1.21 bits per heavy atom. The Morgan fingerprint density at radius 3 is 2.57 bits per heavy atom. The molecule has 0 aliphatic carbocycles. The van der Waals surface area contributed by atoms with Crippen LogP contribution < -0.4 is 10.2 Å². The summed E-state index contributed by atoms with van der Waals surface area (Å²) in [6.45, 7) is 8.34. The molecule has 0 aromatic heterocycles. The molecule has 6 heteroatoms. The van der Waals surface area contributed by atoms with Gasteiger partial charge in [-0.2, -0.15) is 0 Å². The molecular weight excluding hydrogens is 354 g/mol. The van der Waals surface area contributed by atoms with Gasteiger partial charge in [0.2, 0.25) is 17.7 Å². The third kappa shape index (κ3) is 4.72. The topological polar surface area (TPSA) is 69.7 Å². The summed E-state index contributed by atoms with van der Waals surface area (Å²) in [4.78, 5) is 40.2. The third-order valence-corrected chi connectivity index (χ3v) is 5.89. The molecule has 0 bridgehead atoms. The summed E-state index contributed by atoms with van der Waals surface area (Å²) in [5.74, 6) is 0.669. The van der Waals surface area contributed by atoms with E-state index in [0.29, 0.717) is 38.0 Å². The van der Waals surface area contributed by atoms with E-state index in [1.807, 2.05) is 17.0 Å². The first kappa shape index (κ1) is 20.4. The van der Waals surface area contributed by atoms with Gasteiger partial charge in [-0.1, -0.05) is 26.0 Å². The van der Waals surface area contributed by atoms with Crippen molar-refractivity contribution in [3.63, 3.8) is 0 Å². The fraction of sp³-hybridized carbons (Fsp3) is 0.591. The zero-order valence-electron chi connectivity index (χ0n) is 17.1. The van der Waals surface area contributed by atoms with Crippen molar-refractivity contribution in [1.29, 1.82) is 0 Å². The number of piperidine rings is 1. The van der Waals surface area contributed by atoms with Crippen molar-refractivity contribution in [3.05, 3.63) is 29.8 Å². The highest BCUT2D eigenvalue weighted by molar-refractivity contribution is 6.00. The van der Waals surface area contributed by atoms with Crippen LogP contribution >= 0.6 is 0 Å². The van der Waals surface area contributed by atoms with Crippen molar-refractivity contribution in [2.24, 2.45) is 11.8 Å². The summed E-state index contributed by atoms with van der Waals surface area (Å²) in [5, 5.41) is 2.86. The molecule has 1 atom stereocenters. The SMILES string of the molecule is CC(=O)NCC1CCN(C(=O)C2CC(=O)N(c3cccc(C(C)C)c3)C2)CC1. The van der Waals surface area contributed by atoms with Crippen LogP contribution in [0.5, 0.6) is 0 Å². The minimum Gasteiger partial charge on any atom is -0.356 e. The van der Waals surface area contributed by atoms with E-state index in [1.54, 1.807) is 4.90 Å². The number of likely N-dealkylation sites (tertiary alicyclic amines) is 1. The number of carbonyl (C=O) groups excluding carboxylic acids is 3. The number of benzene rings is 1. The predicted molar refractivity (Wildman–Crippen MR) is 109 cm³/mol. The smallest absolute Gasteiger partial charge is 0.228 e. The molecule has 1 unspecified atom stereocenters. The van der Waals surface area contributed by atoms with E-state index in [2.05, 4.69) is 31.3 Å². The van der Waals surface area contributed by atoms with Gasteiger partial charge < -0.3 is 15.1 Å². The van der Waals surface area contributed by atoms with E-state index in [4.69, 9.17) is 0 Å². The Bertz CT molecular complexity index is 738. The Balaban J connectivity index is 1.57. The van der Waals surface area contributed by atoms with E-state index in [-0.39, 0.29) is 30.1 Å². The van der Waals surface area contributed by atoms with Crippen molar-refractivity contribution in [2.45, 2.75) is 46.0 Å². The predicted octanol–water partition coefficient (Wildman–Crippen LogP) is 2.54. The number of rotatable bonds is 5. The van der Waals surface area contributed by atoms with Crippen LogP contribution in [0.15, 0.2) is 24.3 Å². The maximum Gasteiger partial charge on any atom is 0.228 e. The average Bonchev–Trinajstić information content (AvgIpc) is 3.08. The molecule has 1 N–H and O–H groups in total. The van der Waals surface area contributed by atoms with Crippen molar-refractivity contribution in [3.8, 4) is 0 Å². The number of carbonyl (C=O) groups is 3. The monoisotopic (exact) mass is 385 g/mol. The van der Waals surface area contributed by atoms with Gasteiger partial charge in [-0.3, -0.25) is 14.4 Å². The van der Waals surface area contributed by atoms with Crippen molar-refractivity contribution in [2.75, 3.05) is 31.1 Å². The fourth-order valence-electron chi connectivity index (χ4n) is 4.08. The number of nitrogens with one attached hydrogen (secondary N) is 1. The second-order valence-corrected chi connectivity index (χ2v) is 8.36. The van der Waals surface area contributed by atoms with Crippen molar-refractivity contribution in [1.82, 2.24) is 10.2 Å². The highest BCUT2D eigenvalue weighted by Crippen LogP contribution is 2.29. The molecule has 2 saturated heterocycles. The Labute approximate surface area is 167 Å². The molecule has 0 radical (unpaired) electrons. The minimum atomic E-state index is -0.262. The highest BCUT2D eigenvalue weighted by Gasteiger charge is 2.38. The molecule has 0 spiro atoms. The van der Waals surface area contributed by atoms with Crippen LogP contribution in [-0.4, -0.2) is 48.8 Å². The number of nitrogens with zero attached hydrogens (tertiary/aromatic N) is 2. The maximum atomic E-state index is 12.9. The van der Waals surface area contributed by atoms with Crippen LogP contribution in [0.25, 0.3) is 0 Å². The van der Waals surface area contributed by atoms with E-state index in [1.165, 1.54) is 12.5 Å². The minimum absolute atomic E-state index is 0.00963. The van der Waals surface area contributed by atoms with E-state index in [0.717, 1.165) is 18.5 Å². The molecule has 2 aliphatic rings. The van der Waals surface area contributed by atoms with Gasteiger partial charge in [0.05, 0.1) is 5.92 Å². The molecule has 6 nitrogen and oxygen atoms in total. The van der Waals surface area contributed by atoms with Gasteiger partial charge in [0.25, 0.3) is 0 Å². The molecule has 0 saturated carbocycles. The second kappa shape index (κ2) is 8.76. The normalized spacial score (nSPS) is 20.7. The number of anilines is 1.